The third-order valence-corrected chi connectivity index (χ3v) is 3.73. The molecule has 1 amide bonds. The van der Waals surface area contributed by atoms with Crippen LogP contribution in [0.3, 0.4) is 0 Å². The third kappa shape index (κ3) is 2.10. The van der Waals surface area contributed by atoms with Crippen molar-refractivity contribution < 1.29 is 4.79 Å². The first-order valence-electron chi connectivity index (χ1n) is 6.60. The Morgan fingerprint density at radius 1 is 1.56 bits per heavy atom. The molecule has 1 saturated carbocycles. The number of likely N-dealkylation sites (N-methyl/N-ethyl adjacent to an activating group) is 1. The largest absolute Gasteiger partial charge is 0.341 e. The first kappa shape index (κ1) is 11.6. The zero-order valence-electron chi connectivity index (χ0n) is 10.6. The Bertz CT molecular complexity index is 458. The molecule has 0 spiro atoms. The molecule has 1 aliphatic heterocycles. The molecule has 1 atom stereocenters. The Morgan fingerprint density at radius 3 is 3.11 bits per heavy atom. The number of nitrogens with zero attached hydrogens (tertiary/aromatic N) is 3. The van der Waals surface area contributed by atoms with Crippen LogP contribution in [-0.2, 0) is 11.3 Å². The number of carbonyl (C=O) groups excluding carboxylic acids is 1. The minimum Gasteiger partial charge on any atom is -0.341 e. The second kappa shape index (κ2) is 4.65. The van der Waals surface area contributed by atoms with Crippen molar-refractivity contribution in [2.75, 3.05) is 13.1 Å². The number of rotatable bonds is 4. The van der Waals surface area contributed by atoms with E-state index < -0.39 is 0 Å². The second-order valence-electron chi connectivity index (χ2n) is 5.06. The van der Waals surface area contributed by atoms with E-state index in [-0.39, 0.29) is 11.9 Å². The van der Waals surface area contributed by atoms with E-state index in [0.29, 0.717) is 6.54 Å². The maximum Gasteiger partial charge on any atom is 0.244 e. The van der Waals surface area contributed by atoms with Crippen LogP contribution in [0, 0.1) is 5.92 Å². The lowest BCUT2D eigenvalue weighted by Crippen LogP contribution is -2.39. The number of aromatic nitrogens is 2. The molecule has 0 radical (unpaired) electrons. The maximum atomic E-state index is 12.5. The molecule has 1 aromatic rings. The van der Waals surface area contributed by atoms with E-state index in [1.165, 1.54) is 19.2 Å². The summed E-state index contributed by atoms with van der Waals surface area (Å²) in [5.74, 6) is 0.889. The lowest BCUT2D eigenvalue weighted by Gasteiger charge is -2.24. The molecule has 0 bridgehead atoms. The van der Waals surface area contributed by atoms with Gasteiger partial charge in [0.25, 0.3) is 0 Å². The molecule has 1 aliphatic carbocycles. The number of amides is 1. The summed E-state index contributed by atoms with van der Waals surface area (Å²) in [4.78, 5) is 22.7. The van der Waals surface area contributed by atoms with Crippen molar-refractivity contribution in [2.45, 2.75) is 32.4 Å². The predicted molar refractivity (Wildman–Crippen MR) is 66.6 cm³/mol. The third-order valence-electron chi connectivity index (χ3n) is 3.73. The molecule has 1 aromatic heterocycles. The molecule has 18 heavy (non-hydrogen) atoms. The standard InChI is InChI=1S/C13H18N4O/c1-2-17(7-9-3-4-9)13(18)12-10-5-14-8-16-11(10)6-15-12/h5,8-9,12,15H,2-4,6-7H2,1H3. The van der Waals surface area contributed by atoms with Crippen molar-refractivity contribution in [3.05, 3.63) is 23.8 Å². The van der Waals surface area contributed by atoms with E-state index in [2.05, 4.69) is 15.3 Å². The summed E-state index contributed by atoms with van der Waals surface area (Å²) in [7, 11) is 0. The SMILES string of the molecule is CCN(CC1CC1)C(=O)C1NCc2ncncc21. The van der Waals surface area contributed by atoms with Gasteiger partial charge in [-0.25, -0.2) is 9.97 Å². The van der Waals surface area contributed by atoms with Gasteiger partial charge in [0.15, 0.2) is 0 Å². The van der Waals surface area contributed by atoms with Crippen LogP contribution in [0.15, 0.2) is 12.5 Å². The van der Waals surface area contributed by atoms with E-state index in [1.807, 2.05) is 11.8 Å². The van der Waals surface area contributed by atoms with E-state index in [0.717, 1.165) is 30.3 Å². The van der Waals surface area contributed by atoms with Crippen LogP contribution in [0.2, 0.25) is 0 Å². The Kier molecular flexibility index (Phi) is 2.99. The van der Waals surface area contributed by atoms with Gasteiger partial charge in [-0.1, -0.05) is 0 Å². The van der Waals surface area contributed by atoms with Crippen LogP contribution in [0.4, 0.5) is 0 Å². The number of carbonyl (C=O) groups is 1. The molecule has 5 nitrogen and oxygen atoms in total. The molecule has 96 valence electrons. The maximum absolute atomic E-state index is 12.5. The summed E-state index contributed by atoms with van der Waals surface area (Å²) >= 11 is 0. The molecule has 5 heteroatoms. The minimum absolute atomic E-state index is 0.165. The summed E-state index contributed by atoms with van der Waals surface area (Å²) in [5, 5.41) is 3.24. The van der Waals surface area contributed by atoms with Crippen LogP contribution < -0.4 is 5.32 Å². The monoisotopic (exact) mass is 246 g/mol. The van der Waals surface area contributed by atoms with Crippen molar-refractivity contribution in [3.63, 3.8) is 0 Å². The molecular weight excluding hydrogens is 228 g/mol. The van der Waals surface area contributed by atoms with Gasteiger partial charge in [-0.2, -0.15) is 0 Å². The zero-order chi connectivity index (χ0) is 12.5. The normalized spacial score (nSPS) is 21.7. The highest BCUT2D eigenvalue weighted by molar-refractivity contribution is 5.84. The fourth-order valence-electron chi connectivity index (χ4n) is 2.45. The van der Waals surface area contributed by atoms with Gasteiger partial charge < -0.3 is 4.90 Å². The summed E-state index contributed by atoms with van der Waals surface area (Å²) < 4.78 is 0. The van der Waals surface area contributed by atoms with E-state index >= 15 is 0 Å². The molecule has 2 aliphatic rings. The number of hydrogen-bond donors (Lipinski definition) is 1. The molecule has 1 N–H and O–H groups in total. The van der Waals surface area contributed by atoms with Crippen LogP contribution in [0.5, 0.6) is 0 Å². The predicted octanol–water partition coefficient (Wildman–Crippen LogP) is 0.879. The van der Waals surface area contributed by atoms with E-state index in [9.17, 15) is 4.79 Å². The van der Waals surface area contributed by atoms with Crippen molar-refractivity contribution in [2.24, 2.45) is 5.92 Å². The molecular formula is C13H18N4O. The summed E-state index contributed by atoms with van der Waals surface area (Å²) in [6, 6.07) is -0.250. The second-order valence-corrected chi connectivity index (χ2v) is 5.06. The minimum atomic E-state index is -0.250. The Hall–Kier alpha value is -1.49. The Morgan fingerprint density at radius 2 is 2.39 bits per heavy atom. The summed E-state index contributed by atoms with van der Waals surface area (Å²) in [6.07, 6.45) is 5.83. The van der Waals surface area contributed by atoms with Crippen molar-refractivity contribution in [1.82, 2.24) is 20.2 Å². The highest BCUT2D eigenvalue weighted by atomic mass is 16.2. The summed E-state index contributed by atoms with van der Waals surface area (Å²) in [5.41, 5.74) is 1.89. The first-order chi connectivity index (χ1) is 8.79. The van der Waals surface area contributed by atoms with Crippen LogP contribution in [0.1, 0.15) is 37.1 Å². The van der Waals surface area contributed by atoms with Gasteiger partial charge in [-0.05, 0) is 25.7 Å². The smallest absolute Gasteiger partial charge is 0.244 e. The number of fused-ring (bicyclic) bond motifs is 1. The topological polar surface area (TPSA) is 58.1 Å². The van der Waals surface area contributed by atoms with Crippen molar-refractivity contribution in [1.29, 1.82) is 0 Å². The molecule has 0 aromatic carbocycles. The van der Waals surface area contributed by atoms with Crippen LogP contribution in [-0.4, -0.2) is 33.9 Å². The van der Waals surface area contributed by atoms with Gasteiger partial charge in [0, 0.05) is 31.4 Å². The first-order valence-corrected chi connectivity index (χ1v) is 6.60. The van der Waals surface area contributed by atoms with Crippen molar-refractivity contribution >= 4 is 5.91 Å². The average molecular weight is 246 g/mol. The molecule has 1 fully saturated rings. The molecule has 0 saturated heterocycles. The Balaban J connectivity index is 1.76. The van der Waals surface area contributed by atoms with Gasteiger partial charge in [0.2, 0.25) is 5.91 Å². The van der Waals surface area contributed by atoms with Crippen molar-refractivity contribution in [3.8, 4) is 0 Å². The Labute approximate surface area is 107 Å². The lowest BCUT2D eigenvalue weighted by molar-refractivity contribution is -0.133. The van der Waals surface area contributed by atoms with Crippen LogP contribution >= 0.6 is 0 Å². The lowest BCUT2D eigenvalue weighted by atomic mass is 10.1. The van der Waals surface area contributed by atoms with Gasteiger partial charge in [-0.3, -0.25) is 10.1 Å². The van der Waals surface area contributed by atoms with Gasteiger partial charge in [0.05, 0.1) is 5.69 Å². The highest BCUT2D eigenvalue weighted by Crippen LogP contribution is 2.31. The fourth-order valence-corrected chi connectivity index (χ4v) is 2.45. The van der Waals surface area contributed by atoms with Crippen LogP contribution in [0.25, 0.3) is 0 Å². The van der Waals surface area contributed by atoms with Gasteiger partial charge in [-0.15, -0.1) is 0 Å². The molecule has 2 heterocycles. The summed E-state index contributed by atoms with van der Waals surface area (Å²) in [6.45, 7) is 4.37. The van der Waals surface area contributed by atoms with E-state index in [1.54, 1.807) is 6.20 Å². The number of nitrogens with one attached hydrogen (secondary N) is 1. The molecule has 1 unspecified atom stereocenters. The van der Waals surface area contributed by atoms with Gasteiger partial charge in [0.1, 0.15) is 12.4 Å². The highest BCUT2D eigenvalue weighted by Gasteiger charge is 2.34. The number of hydrogen-bond acceptors (Lipinski definition) is 4. The zero-order valence-corrected chi connectivity index (χ0v) is 10.6. The van der Waals surface area contributed by atoms with Gasteiger partial charge >= 0.3 is 0 Å². The molecule has 3 rings (SSSR count). The quantitative estimate of drug-likeness (QED) is 0.856. The fraction of sp³-hybridized carbons (Fsp3) is 0.615. The average Bonchev–Trinajstić information content (AvgIpc) is 3.12. The van der Waals surface area contributed by atoms with E-state index in [4.69, 9.17) is 0 Å².